The topological polar surface area (TPSA) is 78.9 Å². The summed E-state index contributed by atoms with van der Waals surface area (Å²) in [6, 6.07) is 0. The van der Waals surface area contributed by atoms with Gasteiger partial charge < -0.3 is 14.2 Å². The first-order chi connectivity index (χ1) is 27.9. The second kappa shape index (κ2) is 45.5. The molecule has 0 aliphatic heterocycles. The van der Waals surface area contributed by atoms with E-state index >= 15 is 0 Å². The summed E-state index contributed by atoms with van der Waals surface area (Å²) < 4.78 is 16.8. The van der Waals surface area contributed by atoms with E-state index in [2.05, 4.69) is 27.7 Å². The summed E-state index contributed by atoms with van der Waals surface area (Å²) in [7, 11) is 0. The Hall–Kier alpha value is -1.59. The average molecular weight is 807 g/mol. The number of unbranched alkanes of at least 4 members (excludes halogenated alkanes) is 33. The van der Waals surface area contributed by atoms with Gasteiger partial charge in [-0.2, -0.15) is 0 Å². The third-order valence-corrected chi connectivity index (χ3v) is 11.5. The first kappa shape index (κ1) is 55.4. The number of esters is 3. The van der Waals surface area contributed by atoms with E-state index in [1.807, 2.05) is 0 Å². The van der Waals surface area contributed by atoms with Crippen LogP contribution in [0.15, 0.2) is 0 Å². The second-order valence-corrected chi connectivity index (χ2v) is 17.9. The van der Waals surface area contributed by atoms with E-state index in [1.165, 1.54) is 180 Å². The van der Waals surface area contributed by atoms with E-state index in [-0.39, 0.29) is 31.1 Å². The predicted molar refractivity (Wildman–Crippen MR) is 243 cm³/mol. The summed E-state index contributed by atoms with van der Waals surface area (Å²) >= 11 is 0. The quantitative estimate of drug-likeness (QED) is 0.0346. The highest BCUT2D eigenvalue weighted by Gasteiger charge is 2.19. The molecule has 0 saturated carbocycles. The molecule has 6 heteroatoms. The molecule has 0 aromatic heterocycles. The molecule has 0 rings (SSSR count). The number of ether oxygens (including phenoxy) is 3. The zero-order valence-corrected chi connectivity index (χ0v) is 38.8. The largest absolute Gasteiger partial charge is 0.462 e. The highest BCUT2D eigenvalue weighted by molar-refractivity contribution is 5.71. The predicted octanol–water partition coefficient (Wildman–Crippen LogP) is 16.3. The molecule has 0 fully saturated rings. The van der Waals surface area contributed by atoms with Crippen LogP contribution in [0.5, 0.6) is 0 Å². The van der Waals surface area contributed by atoms with Crippen LogP contribution in [0.25, 0.3) is 0 Å². The van der Waals surface area contributed by atoms with Crippen molar-refractivity contribution in [1.29, 1.82) is 0 Å². The van der Waals surface area contributed by atoms with Crippen molar-refractivity contribution in [2.24, 2.45) is 5.92 Å². The number of rotatable bonds is 46. The van der Waals surface area contributed by atoms with Gasteiger partial charge in [-0.05, 0) is 25.2 Å². The van der Waals surface area contributed by atoms with Gasteiger partial charge in [-0.3, -0.25) is 14.4 Å². The van der Waals surface area contributed by atoms with Crippen molar-refractivity contribution in [3.05, 3.63) is 0 Å². The summed E-state index contributed by atoms with van der Waals surface area (Å²) in [4.78, 5) is 37.8. The third-order valence-electron chi connectivity index (χ3n) is 11.5. The van der Waals surface area contributed by atoms with Gasteiger partial charge in [0.1, 0.15) is 13.2 Å². The van der Waals surface area contributed by atoms with Crippen molar-refractivity contribution in [2.45, 2.75) is 291 Å². The first-order valence-corrected chi connectivity index (χ1v) is 25.4. The maximum absolute atomic E-state index is 12.7. The number of hydrogen-bond acceptors (Lipinski definition) is 6. The molecule has 57 heavy (non-hydrogen) atoms. The van der Waals surface area contributed by atoms with E-state index in [9.17, 15) is 14.4 Å². The molecule has 0 aromatic rings. The molecule has 338 valence electrons. The molecule has 0 radical (unpaired) electrons. The van der Waals surface area contributed by atoms with Crippen LogP contribution in [0.1, 0.15) is 285 Å². The molecule has 0 aromatic carbocycles. The zero-order valence-electron chi connectivity index (χ0n) is 38.8. The van der Waals surface area contributed by atoms with Crippen molar-refractivity contribution < 1.29 is 28.6 Å². The minimum absolute atomic E-state index is 0.0637. The molecule has 1 atom stereocenters. The molecule has 0 N–H and O–H groups in total. The lowest BCUT2D eigenvalue weighted by Crippen LogP contribution is -2.30. The van der Waals surface area contributed by atoms with Gasteiger partial charge in [0.25, 0.3) is 0 Å². The minimum Gasteiger partial charge on any atom is -0.462 e. The van der Waals surface area contributed by atoms with Gasteiger partial charge in [-0.1, -0.05) is 246 Å². The Balaban J connectivity index is 4.27. The van der Waals surface area contributed by atoms with E-state index in [4.69, 9.17) is 14.2 Å². The van der Waals surface area contributed by atoms with Crippen LogP contribution in [-0.4, -0.2) is 37.2 Å². The van der Waals surface area contributed by atoms with Gasteiger partial charge in [-0.15, -0.1) is 0 Å². The smallest absolute Gasteiger partial charge is 0.306 e. The van der Waals surface area contributed by atoms with E-state index < -0.39 is 6.10 Å². The van der Waals surface area contributed by atoms with Crippen molar-refractivity contribution in [3.63, 3.8) is 0 Å². The van der Waals surface area contributed by atoms with Gasteiger partial charge in [0.15, 0.2) is 6.10 Å². The molecule has 0 spiro atoms. The van der Waals surface area contributed by atoms with Gasteiger partial charge in [-0.25, -0.2) is 0 Å². The number of hydrogen-bond donors (Lipinski definition) is 0. The molecular formula is C51H98O6. The highest BCUT2D eigenvalue weighted by Crippen LogP contribution is 2.17. The van der Waals surface area contributed by atoms with Gasteiger partial charge in [0.05, 0.1) is 0 Å². The van der Waals surface area contributed by atoms with Gasteiger partial charge in [0.2, 0.25) is 0 Å². The van der Waals surface area contributed by atoms with E-state index in [0.717, 1.165) is 63.7 Å². The van der Waals surface area contributed by atoms with Crippen LogP contribution >= 0.6 is 0 Å². The molecule has 0 bridgehead atoms. The van der Waals surface area contributed by atoms with Crippen LogP contribution in [0.2, 0.25) is 0 Å². The zero-order chi connectivity index (χ0) is 41.7. The lowest BCUT2D eigenvalue weighted by molar-refractivity contribution is -0.167. The Bertz CT molecular complexity index is 857. The summed E-state index contributed by atoms with van der Waals surface area (Å²) in [6.07, 6.45) is 46.6. The van der Waals surface area contributed by atoms with Crippen LogP contribution in [0.3, 0.4) is 0 Å². The van der Waals surface area contributed by atoms with E-state index in [0.29, 0.717) is 19.3 Å². The monoisotopic (exact) mass is 807 g/mol. The molecule has 0 aliphatic rings. The standard InChI is InChI=1S/C51H98O6/c1-5-7-9-11-13-15-17-19-20-21-23-25-27-31-35-39-43-50(53)56-46-48(57-51(54)44-40-36-32-28-29-33-37-41-47(3)4)45-55-49(52)42-38-34-30-26-24-22-18-16-14-12-10-8-6-2/h47-48H,5-46H2,1-4H3/t48-/m1/s1. The van der Waals surface area contributed by atoms with Crippen LogP contribution in [0.4, 0.5) is 0 Å². The minimum atomic E-state index is -0.760. The molecule has 0 saturated heterocycles. The Morgan fingerprint density at radius 1 is 0.333 bits per heavy atom. The lowest BCUT2D eigenvalue weighted by Gasteiger charge is -2.18. The van der Waals surface area contributed by atoms with Crippen molar-refractivity contribution in [1.82, 2.24) is 0 Å². The fourth-order valence-electron chi connectivity index (χ4n) is 7.69. The van der Waals surface area contributed by atoms with Crippen LogP contribution < -0.4 is 0 Å². The highest BCUT2D eigenvalue weighted by atomic mass is 16.6. The van der Waals surface area contributed by atoms with Gasteiger partial charge >= 0.3 is 17.9 Å². The molecular weight excluding hydrogens is 709 g/mol. The fraction of sp³-hybridized carbons (Fsp3) is 0.941. The lowest BCUT2D eigenvalue weighted by atomic mass is 10.0. The fourth-order valence-corrected chi connectivity index (χ4v) is 7.69. The number of carbonyl (C=O) groups is 3. The Kier molecular flexibility index (Phi) is 44.2. The molecule has 0 amide bonds. The Morgan fingerprint density at radius 3 is 0.860 bits per heavy atom. The Morgan fingerprint density at radius 2 is 0.579 bits per heavy atom. The molecule has 0 heterocycles. The van der Waals surface area contributed by atoms with Crippen LogP contribution in [-0.2, 0) is 28.6 Å². The van der Waals surface area contributed by atoms with Gasteiger partial charge in [0, 0.05) is 19.3 Å². The first-order valence-electron chi connectivity index (χ1n) is 25.4. The molecule has 6 nitrogen and oxygen atoms in total. The Labute approximate surface area is 355 Å². The van der Waals surface area contributed by atoms with Crippen molar-refractivity contribution in [3.8, 4) is 0 Å². The van der Waals surface area contributed by atoms with Crippen molar-refractivity contribution in [2.75, 3.05) is 13.2 Å². The maximum atomic E-state index is 12.7. The van der Waals surface area contributed by atoms with Crippen LogP contribution in [0, 0.1) is 5.92 Å². The van der Waals surface area contributed by atoms with Crippen molar-refractivity contribution >= 4 is 17.9 Å². The average Bonchev–Trinajstić information content (AvgIpc) is 3.19. The normalized spacial score (nSPS) is 11.9. The summed E-state index contributed by atoms with van der Waals surface area (Å²) in [5.74, 6) is -0.0713. The third kappa shape index (κ3) is 45.3. The summed E-state index contributed by atoms with van der Waals surface area (Å²) in [5, 5.41) is 0. The van der Waals surface area contributed by atoms with E-state index in [1.54, 1.807) is 0 Å². The molecule has 0 aliphatic carbocycles. The second-order valence-electron chi connectivity index (χ2n) is 17.9. The number of carbonyl (C=O) groups excluding carboxylic acids is 3. The summed E-state index contributed by atoms with van der Waals surface area (Å²) in [5.41, 5.74) is 0. The summed E-state index contributed by atoms with van der Waals surface area (Å²) in [6.45, 7) is 8.97. The maximum Gasteiger partial charge on any atom is 0.306 e. The SMILES string of the molecule is CCCCCCCCCCCCCCCCCCC(=O)OC[C@@H](COC(=O)CCCCCCCCCCCCCCC)OC(=O)CCCCCCCCCC(C)C. The molecule has 0 unspecified atom stereocenters.